The van der Waals surface area contributed by atoms with Crippen molar-refractivity contribution >= 4 is 5.69 Å². The standard InChI is InChI=1S/C14H23FN2/c1-5-6-9-17(4)14-8-7-12(10-13(14)15)11(2)16-3/h7-8,10-11,16H,5-6,9H2,1-4H3. The maximum atomic E-state index is 14.0. The number of rotatable bonds is 6. The van der Waals surface area contributed by atoms with Crippen LogP contribution in [0.5, 0.6) is 0 Å². The average molecular weight is 238 g/mol. The van der Waals surface area contributed by atoms with Gasteiger partial charge in [-0.25, -0.2) is 4.39 Å². The van der Waals surface area contributed by atoms with Gasteiger partial charge in [0.15, 0.2) is 0 Å². The molecule has 17 heavy (non-hydrogen) atoms. The Hall–Kier alpha value is -1.09. The van der Waals surface area contributed by atoms with Gasteiger partial charge >= 0.3 is 0 Å². The largest absolute Gasteiger partial charge is 0.372 e. The predicted molar refractivity (Wildman–Crippen MR) is 72.1 cm³/mol. The highest BCUT2D eigenvalue weighted by Crippen LogP contribution is 2.22. The summed E-state index contributed by atoms with van der Waals surface area (Å²) in [6, 6.07) is 5.66. The van der Waals surface area contributed by atoms with E-state index in [0.29, 0.717) is 5.69 Å². The lowest BCUT2D eigenvalue weighted by Gasteiger charge is -2.21. The minimum Gasteiger partial charge on any atom is -0.372 e. The van der Waals surface area contributed by atoms with Gasteiger partial charge in [-0.2, -0.15) is 0 Å². The van der Waals surface area contributed by atoms with Gasteiger partial charge in [-0.1, -0.05) is 19.4 Å². The maximum absolute atomic E-state index is 14.0. The molecule has 0 spiro atoms. The molecule has 1 rings (SSSR count). The van der Waals surface area contributed by atoms with Crippen molar-refractivity contribution in [2.24, 2.45) is 0 Å². The van der Waals surface area contributed by atoms with Crippen molar-refractivity contribution < 1.29 is 4.39 Å². The van der Waals surface area contributed by atoms with Crippen molar-refractivity contribution in [2.45, 2.75) is 32.7 Å². The van der Waals surface area contributed by atoms with Crippen molar-refractivity contribution in [2.75, 3.05) is 25.5 Å². The maximum Gasteiger partial charge on any atom is 0.146 e. The summed E-state index contributed by atoms with van der Waals surface area (Å²) in [6.45, 7) is 5.06. The zero-order chi connectivity index (χ0) is 12.8. The summed E-state index contributed by atoms with van der Waals surface area (Å²) in [5, 5.41) is 3.11. The van der Waals surface area contributed by atoms with Crippen LogP contribution in [0, 0.1) is 5.82 Å². The molecule has 1 atom stereocenters. The van der Waals surface area contributed by atoms with E-state index in [1.807, 2.05) is 38.1 Å². The number of nitrogens with one attached hydrogen (secondary N) is 1. The first kappa shape index (κ1) is 14.0. The quantitative estimate of drug-likeness (QED) is 0.817. The van der Waals surface area contributed by atoms with Gasteiger partial charge in [-0.3, -0.25) is 0 Å². The van der Waals surface area contributed by atoms with Gasteiger partial charge < -0.3 is 10.2 Å². The van der Waals surface area contributed by atoms with Crippen LogP contribution in [0.4, 0.5) is 10.1 Å². The molecule has 0 amide bonds. The molecule has 1 unspecified atom stereocenters. The van der Waals surface area contributed by atoms with Gasteiger partial charge in [0, 0.05) is 19.6 Å². The Morgan fingerprint density at radius 2 is 2.12 bits per heavy atom. The molecule has 0 aromatic heterocycles. The van der Waals surface area contributed by atoms with Crippen molar-refractivity contribution in [1.82, 2.24) is 5.32 Å². The third-order valence-electron chi connectivity index (χ3n) is 3.16. The highest BCUT2D eigenvalue weighted by Gasteiger charge is 2.10. The van der Waals surface area contributed by atoms with E-state index in [-0.39, 0.29) is 11.9 Å². The minimum atomic E-state index is -0.136. The van der Waals surface area contributed by atoms with E-state index >= 15 is 0 Å². The molecule has 1 aromatic rings. The number of halogens is 1. The molecule has 0 fully saturated rings. The lowest BCUT2D eigenvalue weighted by atomic mass is 10.1. The first-order chi connectivity index (χ1) is 8.10. The molecule has 0 aliphatic rings. The van der Waals surface area contributed by atoms with Crippen LogP contribution >= 0.6 is 0 Å². The van der Waals surface area contributed by atoms with Crippen LogP contribution in [-0.2, 0) is 0 Å². The van der Waals surface area contributed by atoms with Gasteiger partial charge in [-0.15, -0.1) is 0 Å². The molecule has 1 aromatic carbocycles. The number of unbranched alkanes of at least 4 members (excludes halogenated alkanes) is 1. The van der Waals surface area contributed by atoms with E-state index in [4.69, 9.17) is 0 Å². The molecule has 0 radical (unpaired) electrons. The second-order valence-electron chi connectivity index (χ2n) is 4.50. The zero-order valence-corrected chi connectivity index (χ0v) is 11.3. The van der Waals surface area contributed by atoms with Crippen LogP contribution in [-0.4, -0.2) is 20.6 Å². The number of anilines is 1. The molecule has 0 saturated carbocycles. The number of hydrogen-bond donors (Lipinski definition) is 1. The molecule has 0 aliphatic carbocycles. The first-order valence-electron chi connectivity index (χ1n) is 6.28. The molecule has 1 N–H and O–H groups in total. The van der Waals surface area contributed by atoms with Gasteiger partial charge in [0.1, 0.15) is 5.82 Å². The normalized spacial score (nSPS) is 12.5. The molecule has 3 heteroatoms. The summed E-state index contributed by atoms with van der Waals surface area (Å²) < 4.78 is 14.0. The van der Waals surface area contributed by atoms with Crippen molar-refractivity contribution in [1.29, 1.82) is 0 Å². The van der Waals surface area contributed by atoms with E-state index in [1.54, 1.807) is 6.07 Å². The second kappa shape index (κ2) is 6.60. The fourth-order valence-electron chi connectivity index (χ4n) is 1.78. The summed E-state index contributed by atoms with van der Waals surface area (Å²) in [5.74, 6) is -0.136. The van der Waals surface area contributed by atoms with Crippen LogP contribution in [0.1, 0.15) is 38.3 Å². The van der Waals surface area contributed by atoms with Crippen LogP contribution < -0.4 is 10.2 Å². The summed E-state index contributed by atoms with van der Waals surface area (Å²) in [6.07, 6.45) is 2.21. The monoisotopic (exact) mass is 238 g/mol. The third-order valence-corrected chi connectivity index (χ3v) is 3.16. The van der Waals surface area contributed by atoms with Crippen LogP contribution in [0.2, 0.25) is 0 Å². The van der Waals surface area contributed by atoms with Crippen LogP contribution in [0.25, 0.3) is 0 Å². The molecular formula is C14H23FN2. The smallest absolute Gasteiger partial charge is 0.146 e. The molecule has 2 nitrogen and oxygen atoms in total. The Kier molecular flexibility index (Phi) is 5.42. The Morgan fingerprint density at radius 1 is 1.41 bits per heavy atom. The van der Waals surface area contributed by atoms with E-state index in [2.05, 4.69) is 12.2 Å². The van der Waals surface area contributed by atoms with Gasteiger partial charge in [0.2, 0.25) is 0 Å². The summed E-state index contributed by atoms with van der Waals surface area (Å²) in [7, 11) is 3.82. The number of nitrogens with zero attached hydrogens (tertiary/aromatic N) is 1. The van der Waals surface area contributed by atoms with Gasteiger partial charge in [0.05, 0.1) is 5.69 Å². The lowest BCUT2D eigenvalue weighted by molar-refractivity contribution is 0.603. The molecule has 0 aliphatic heterocycles. The van der Waals surface area contributed by atoms with E-state index < -0.39 is 0 Å². The topological polar surface area (TPSA) is 15.3 Å². The highest BCUT2D eigenvalue weighted by molar-refractivity contribution is 5.48. The van der Waals surface area contributed by atoms with E-state index in [0.717, 1.165) is 24.9 Å². The first-order valence-corrected chi connectivity index (χ1v) is 6.28. The Balaban J connectivity index is 2.82. The SMILES string of the molecule is CCCCN(C)c1ccc(C(C)NC)cc1F. The minimum absolute atomic E-state index is 0.136. The van der Waals surface area contributed by atoms with Crippen molar-refractivity contribution in [3.63, 3.8) is 0 Å². The van der Waals surface area contributed by atoms with Crippen LogP contribution in [0.15, 0.2) is 18.2 Å². The third kappa shape index (κ3) is 3.70. The molecule has 96 valence electrons. The molecule has 0 heterocycles. The molecule has 0 bridgehead atoms. The predicted octanol–water partition coefficient (Wildman–Crippen LogP) is 3.34. The Labute approximate surface area is 104 Å². The van der Waals surface area contributed by atoms with Crippen molar-refractivity contribution in [3.05, 3.63) is 29.6 Å². The average Bonchev–Trinajstić information content (AvgIpc) is 2.34. The molecule has 0 saturated heterocycles. The number of benzene rings is 1. The molecular weight excluding hydrogens is 215 g/mol. The summed E-state index contributed by atoms with van der Waals surface area (Å²) in [5.41, 5.74) is 1.67. The van der Waals surface area contributed by atoms with Crippen molar-refractivity contribution in [3.8, 4) is 0 Å². The lowest BCUT2D eigenvalue weighted by Crippen LogP contribution is -2.20. The fraction of sp³-hybridized carbons (Fsp3) is 0.571. The summed E-state index contributed by atoms with van der Waals surface area (Å²) >= 11 is 0. The van der Waals surface area contributed by atoms with E-state index in [1.165, 1.54) is 0 Å². The fourth-order valence-corrected chi connectivity index (χ4v) is 1.78. The summed E-state index contributed by atoms with van der Waals surface area (Å²) in [4.78, 5) is 1.98. The van der Waals surface area contributed by atoms with Gasteiger partial charge in [0.25, 0.3) is 0 Å². The zero-order valence-electron chi connectivity index (χ0n) is 11.3. The van der Waals surface area contributed by atoms with Gasteiger partial charge in [-0.05, 0) is 38.1 Å². The number of hydrogen-bond acceptors (Lipinski definition) is 2. The van der Waals surface area contributed by atoms with E-state index in [9.17, 15) is 4.39 Å². The Morgan fingerprint density at radius 3 is 2.65 bits per heavy atom. The Bertz CT molecular complexity index is 352. The highest BCUT2D eigenvalue weighted by atomic mass is 19.1. The second-order valence-corrected chi connectivity index (χ2v) is 4.50. The van der Waals surface area contributed by atoms with Crippen LogP contribution in [0.3, 0.4) is 0 Å².